The second kappa shape index (κ2) is 5.96. The topological polar surface area (TPSA) is 84.9 Å². The first-order chi connectivity index (χ1) is 10.6. The van der Waals surface area contributed by atoms with Crippen molar-refractivity contribution in [3.63, 3.8) is 0 Å². The van der Waals surface area contributed by atoms with E-state index < -0.39 is 17.8 Å². The molecule has 3 rings (SSSR count). The van der Waals surface area contributed by atoms with Crippen molar-refractivity contribution in [1.29, 1.82) is 0 Å². The predicted octanol–water partition coefficient (Wildman–Crippen LogP) is 1.90. The van der Waals surface area contributed by atoms with Crippen LogP contribution in [0.2, 0.25) is 0 Å². The minimum absolute atomic E-state index is 0.301. The average Bonchev–Trinajstić information content (AvgIpc) is 3.10. The molecule has 1 aromatic rings. The van der Waals surface area contributed by atoms with E-state index in [4.69, 9.17) is 9.47 Å². The van der Waals surface area contributed by atoms with Gasteiger partial charge in [0.15, 0.2) is 0 Å². The van der Waals surface area contributed by atoms with Gasteiger partial charge in [-0.15, -0.1) is 0 Å². The fourth-order valence-corrected chi connectivity index (χ4v) is 3.39. The van der Waals surface area contributed by atoms with Crippen molar-refractivity contribution < 1.29 is 24.2 Å². The lowest BCUT2D eigenvalue weighted by atomic mass is 9.78. The van der Waals surface area contributed by atoms with Gasteiger partial charge in [-0.25, -0.2) is 0 Å². The van der Waals surface area contributed by atoms with Crippen molar-refractivity contribution in [1.82, 2.24) is 0 Å². The lowest BCUT2D eigenvalue weighted by molar-refractivity contribution is -0.147. The molecule has 1 aromatic carbocycles. The highest BCUT2D eigenvalue weighted by molar-refractivity contribution is 5.97. The lowest BCUT2D eigenvalue weighted by Crippen LogP contribution is -2.41. The summed E-state index contributed by atoms with van der Waals surface area (Å²) in [6, 6.07) is 7.13. The molecule has 0 saturated carbocycles. The first-order valence-electron chi connectivity index (χ1n) is 7.52. The van der Waals surface area contributed by atoms with Crippen molar-refractivity contribution in [2.24, 2.45) is 11.8 Å². The summed E-state index contributed by atoms with van der Waals surface area (Å²) < 4.78 is 11.1. The molecule has 2 saturated heterocycles. The summed E-state index contributed by atoms with van der Waals surface area (Å²) in [7, 11) is 0. The van der Waals surface area contributed by atoms with Crippen molar-refractivity contribution in [2.45, 2.75) is 32.0 Å². The van der Waals surface area contributed by atoms with Crippen LogP contribution in [0.25, 0.3) is 0 Å². The van der Waals surface area contributed by atoms with E-state index in [1.807, 2.05) is 13.0 Å². The molecule has 2 aliphatic rings. The van der Waals surface area contributed by atoms with Gasteiger partial charge in [0.25, 0.3) is 0 Å². The van der Waals surface area contributed by atoms with Crippen molar-refractivity contribution in [2.75, 3.05) is 11.9 Å². The molecular formula is C16H19NO5. The minimum Gasteiger partial charge on any atom is -0.492 e. The van der Waals surface area contributed by atoms with Crippen LogP contribution >= 0.6 is 0 Å². The molecular weight excluding hydrogens is 286 g/mol. The molecule has 22 heavy (non-hydrogen) atoms. The highest BCUT2D eigenvalue weighted by atomic mass is 16.5. The highest BCUT2D eigenvalue weighted by Gasteiger charge is 2.55. The fraction of sp³-hybridized carbons (Fsp3) is 0.500. The molecule has 6 heteroatoms. The van der Waals surface area contributed by atoms with Crippen LogP contribution in [0.1, 0.15) is 19.8 Å². The fourth-order valence-electron chi connectivity index (χ4n) is 3.39. The maximum absolute atomic E-state index is 12.6. The number of aliphatic carboxylic acids is 1. The number of carboxylic acids is 1. The standard InChI is InChI=1S/C16H19NO5/c1-2-21-10-6-4-3-5-9(10)17-15(18)13-11-7-8-12(22-11)14(13)16(19)20/h3-6,11-14H,2,7-8H2,1H3,(H,17,18)(H,19,20)/t11-,12-,13-,14-/m0/s1. The summed E-state index contributed by atoms with van der Waals surface area (Å²) in [5, 5.41) is 12.2. The first-order valence-corrected chi connectivity index (χ1v) is 7.52. The van der Waals surface area contributed by atoms with Crippen LogP contribution < -0.4 is 10.1 Å². The molecule has 0 aliphatic carbocycles. The van der Waals surface area contributed by atoms with Gasteiger partial charge in [0.05, 0.1) is 36.3 Å². The smallest absolute Gasteiger partial charge is 0.310 e. The number of carbonyl (C=O) groups excluding carboxylic acids is 1. The summed E-state index contributed by atoms with van der Waals surface area (Å²) in [4.78, 5) is 24.0. The van der Waals surface area contributed by atoms with E-state index in [2.05, 4.69) is 5.32 Å². The summed E-state index contributed by atoms with van der Waals surface area (Å²) in [6.07, 6.45) is 0.798. The lowest BCUT2D eigenvalue weighted by Gasteiger charge is -2.24. The average molecular weight is 305 g/mol. The summed E-state index contributed by atoms with van der Waals surface area (Å²) in [5.41, 5.74) is 0.557. The molecule has 2 heterocycles. The van der Waals surface area contributed by atoms with Gasteiger partial charge in [-0.2, -0.15) is 0 Å². The summed E-state index contributed by atoms with van der Waals surface area (Å²) >= 11 is 0. The molecule has 2 N–H and O–H groups in total. The van der Waals surface area contributed by atoms with Gasteiger partial charge in [0.2, 0.25) is 5.91 Å². The molecule has 2 aliphatic heterocycles. The number of benzene rings is 1. The number of rotatable bonds is 5. The Morgan fingerprint density at radius 1 is 1.27 bits per heavy atom. The van der Waals surface area contributed by atoms with Crippen LogP contribution in [0, 0.1) is 11.8 Å². The van der Waals surface area contributed by atoms with Crippen LogP contribution in [0.5, 0.6) is 5.75 Å². The van der Waals surface area contributed by atoms with E-state index in [-0.39, 0.29) is 18.1 Å². The molecule has 2 fully saturated rings. The van der Waals surface area contributed by atoms with Gasteiger partial charge < -0.3 is 19.9 Å². The quantitative estimate of drug-likeness (QED) is 0.868. The molecule has 118 valence electrons. The van der Waals surface area contributed by atoms with Gasteiger partial charge in [-0.3, -0.25) is 9.59 Å². The monoisotopic (exact) mass is 305 g/mol. The van der Waals surface area contributed by atoms with Crippen LogP contribution in [-0.4, -0.2) is 35.8 Å². The number of para-hydroxylation sites is 2. The van der Waals surface area contributed by atoms with Gasteiger partial charge in [0, 0.05) is 0 Å². The number of anilines is 1. The summed E-state index contributed by atoms with van der Waals surface area (Å²) in [5.74, 6) is -2.12. The Morgan fingerprint density at radius 3 is 2.64 bits per heavy atom. The van der Waals surface area contributed by atoms with E-state index in [0.29, 0.717) is 24.5 Å². The van der Waals surface area contributed by atoms with Crippen LogP contribution in [-0.2, 0) is 14.3 Å². The molecule has 0 aromatic heterocycles. The SMILES string of the molecule is CCOc1ccccc1NC(=O)[C@@H]1[C@@H](C(=O)O)[C@@H]2CC[C@@H]1O2. The Kier molecular flexibility index (Phi) is 4.02. The molecule has 6 nitrogen and oxygen atoms in total. The van der Waals surface area contributed by atoms with Gasteiger partial charge in [-0.05, 0) is 31.9 Å². The van der Waals surface area contributed by atoms with Crippen LogP contribution in [0.4, 0.5) is 5.69 Å². The molecule has 0 spiro atoms. The Labute approximate surface area is 128 Å². The van der Waals surface area contributed by atoms with E-state index in [9.17, 15) is 14.7 Å². The number of carbonyl (C=O) groups is 2. The van der Waals surface area contributed by atoms with Crippen molar-refractivity contribution in [3.8, 4) is 5.75 Å². The Hall–Kier alpha value is -2.08. The number of amides is 1. The first kappa shape index (κ1) is 14.8. The summed E-state index contributed by atoms with van der Waals surface area (Å²) in [6.45, 7) is 2.35. The third-order valence-electron chi connectivity index (χ3n) is 4.31. The number of fused-ring (bicyclic) bond motifs is 2. The zero-order chi connectivity index (χ0) is 15.7. The van der Waals surface area contributed by atoms with E-state index >= 15 is 0 Å². The van der Waals surface area contributed by atoms with Crippen LogP contribution in [0.15, 0.2) is 24.3 Å². The second-order valence-electron chi connectivity index (χ2n) is 5.60. The third-order valence-corrected chi connectivity index (χ3v) is 4.31. The maximum Gasteiger partial charge on any atom is 0.310 e. The highest BCUT2D eigenvalue weighted by Crippen LogP contribution is 2.44. The third kappa shape index (κ3) is 2.54. The number of ether oxygens (including phenoxy) is 2. The molecule has 0 radical (unpaired) electrons. The normalized spacial score (nSPS) is 29.3. The number of hydrogen-bond donors (Lipinski definition) is 2. The minimum atomic E-state index is -0.967. The predicted molar refractivity (Wildman–Crippen MR) is 78.8 cm³/mol. The molecule has 4 atom stereocenters. The number of hydrogen-bond acceptors (Lipinski definition) is 4. The van der Waals surface area contributed by atoms with E-state index in [1.54, 1.807) is 18.2 Å². The number of carboxylic acid groups (broad SMARTS) is 1. The zero-order valence-electron chi connectivity index (χ0n) is 12.3. The van der Waals surface area contributed by atoms with Crippen molar-refractivity contribution in [3.05, 3.63) is 24.3 Å². The Balaban J connectivity index is 1.78. The number of nitrogens with one attached hydrogen (secondary N) is 1. The second-order valence-corrected chi connectivity index (χ2v) is 5.60. The van der Waals surface area contributed by atoms with E-state index in [1.165, 1.54) is 0 Å². The van der Waals surface area contributed by atoms with Gasteiger partial charge in [-0.1, -0.05) is 12.1 Å². The van der Waals surface area contributed by atoms with Crippen molar-refractivity contribution >= 4 is 17.6 Å². The Morgan fingerprint density at radius 2 is 1.95 bits per heavy atom. The Bertz CT molecular complexity index is 588. The molecule has 0 unspecified atom stereocenters. The van der Waals surface area contributed by atoms with Crippen LogP contribution in [0.3, 0.4) is 0 Å². The molecule has 2 bridgehead atoms. The van der Waals surface area contributed by atoms with Gasteiger partial charge >= 0.3 is 5.97 Å². The van der Waals surface area contributed by atoms with Gasteiger partial charge in [0.1, 0.15) is 5.75 Å². The zero-order valence-corrected chi connectivity index (χ0v) is 12.3. The molecule has 1 amide bonds. The maximum atomic E-state index is 12.6. The largest absolute Gasteiger partial charge is 0.492 e. The van der Waals surface area contributed by atoms with E-state index in [0.717, 1.165) is 6.42 Å².